The van der Waals surface area contributed by atoms with Crippen molar-refractivity contribution < 1.29 is 8.42 Å². The average Bonchev–Trinajstić information content (AvgIpc) is 2.72. The summed E-state index contributed by atoms with van der Waals surface area (Å²) in [5.41, 5.74) is 5.65. The van der Waals surface area contributed by atoms with Crippen LogP contribution >= 0.6 is 23.1 Å². The molecule has 0 aliphatic rings. The van der Waals surface area contributed by atoms with Crippen LogP contribution in [0.15, 0.2) is 43.8 Å². The summed E-state index contributed by atoms with van der Waals surface area (Å²) in [4.78, 5) is 4.24. The molecule has 0 radical (unpaired) electrons. The lowest BCUT2D eigenvalue weighted by molar-refractivity contribution is 0.598. The van der Waals surface area contributed by atoms with Crippen molar-refractivity contribution in [3.8, 4) is 0 Å². The molecule has 1 aromatic carbocycles. The van der Waals surface area contributed by atoms with Gasteiger partial charge in [0.15, 0.2) is 14.4 Å². The van der Waals surface area contributed by atoms with Gasteiger partial charge >= 0.3 is 0 Å². The number of thioether (sulfide) groups is 1. The normalized spacial score (nSPS) is 11.6. The molecule has 2 N–H and O–H groups in total. The molecule has 0 aliphatic heterocycles. The molecule has 2 rings (SSSR count). The van der Waals surface area contributed by atoms with Crippen molar-refractivity contribution in [2.75, 3.05) is 12.0 Å². The molecule has 0 amide bonds. The minimum atomic E-state index is -3.54. The minimum absolute atomic E-state index is 0.0724. The predicted octanol–water partition coefficient (Wildman–Crippen LogP) is 2.28. The van der Waals surface area contributed by atoms with E-state index in [-0.39, 0.29) is 14.9 Å². The van der Waals surface area contributed by atoms with E-state index in [0.717, 1.165) is 11.3 Å². The first-order valence-electron chi connectivity index (χ1n) is 4.66. The molecule has 0 fully saturated rings. The van der Waals surface area contributed by atoms with Crippen LogP contribution in [0.5, 0.6) is 0 Å². The summed E-state index contributed by atoms with van der Waals surface area (Å²) in [5, 5.41) is 0. The van der Waals surface area contributed by atoms with Gasteiger partial charge in [0.2, 0.25) is 9.84 Å². The number of nitrogens with zero attached hydrogens (tertiary/aromatic N) is 1. The van der Waals surface area contributed by atoms with Crippen molar-refractivity contribution in [3.63, 3.8) is 0 Å². The molecule has 7 heteroatoms. The Morgan fingerprint density at radius 3 is 2.47 bits per heavy atom. The molecule has 0 unspecified atom stereocenters. The van der Waals surface area contributed by atoms with Gasteiger partial charge in [-0.3, -0.25) is 0 Å². The van der Waals surface area contributed by atoms with E-state index in [9.17, 15) is 8.42 Å². The number of hydrogen-bond donors (Lipinski definition) is 1. The Labute approximate surface area is 108 Å². The number of hydrogen-bond acceptors (Lipinski definition) is 6. The summed E-state index contributed by atoms with van der Waals surface area (Å²) in [7, 11) is -3.54. The summed E-state index contributed by atoms with van der Waals surface area (Å²) >= 11 is 2.48. The van der Waals surface area contributed by atoms with Crippen molar-refractivity contribution >= 4 is 38.8 Å². The van der Waals surface area contributed by atoms with Gasteiger partial charge in [-0.1, -0.05) is 41.3 Å². The van der Waals surface area contributed by atoms with Crippen molar-refractivity contribution in [1.82, 2.24) is 4.98 Å². The van der Waals surface area contributed by atoms with Crippen LogP contribution in [-0.2, 0) is 9.84 Å². The lowest BCUT2D eigenvalue weighted by atomic mass is 10.4. The molecule has 0 aliphatic carbocycles. The van der Waals surface area contributed by atoms with Gasteiger partial charge in [0.25, 0.3) is 0 Å². The lowest BCUT2D eigenvalue weighted by Gasteiger charge is -2.01. The SMILES string of the molecule is CSc1nc(N)c(S(=O)(=O)c2ccccc2)s1. The fourth-order valence-corrected chi connectivity index (χ4v) is 4.68. The monoisotopic (exact) mass is 286 g/mol. The number of sulfone groups is 1. The smallest absolute Gasteiger partial charge is 0.219 e. The highest BCUT2D eigenvalue weighted by Crippen LogP contribution is 2.34. The fourth-order valence-electron chi connectivity index (χ4n) is 1.28. The molecule has 4 nitrogen and oxygen atoms in total. The Balaban J connectivity index is 2.56. The molecule has 1 aromatic heterocycles. The molecule has 90 valence electrons. The molecule has 0 saturated carbocycles. The molecule has 17 heavy (non-hydrogen) atoms. The molecule has 0 spiro atoms. The number of nitrogen functional groups attached to an aromatic ring is 1. The summed E-state index contributed by atoms with van der Waals surface area (Å²) < 4.78 is 25.3. The summed E-state index contributed by atoms with van der Waals surface area (Å²) in [6.45, 7) is 0. The zero-order valence-electron chi connectivity index (χ0n) is 8.95. The first-order chi connectivity index (χ1) is 8.05. The molecule has 1 heterocycles. The number of nitrogens with two attached hydrogens (primary N) is 1. The minimum Gasteiger partial charge on any atom is -0.382 e. The van der Waals surface area contributed by atoms with Crippen LogP contribution in [-0.4, -0.2) is 19.7 Å². The van der Waals surface area contributed by atoms with E-state index < -0.39 is 9.84 Å². The number of rotatable bonds is 3. The number of benzene rings is 1. The first-order valence-corrected chi connectivity index (χ1v) is 8.18. The maximum atomic E-state index is 12.3. The highest BCUT2D eigenvalue weighted by Gasteiger charge is 2.24. The third-order valence-corrected chi connectivity index (χ3v) is 6.42. The van der Waals surface area contributed by atoms with Crippen molar-refractivity contribution in [2.24, 2.45) is 0 Å². The zero-order chi connectivity index (χ0) is 12.5. The van der Waals surface area contributed by atoms with Crippen LogP contribution in [0.2, 0.25) is 0 Å². The maximum absolute atomic E-state index is 12.3. The maximum Gasteiger partial charge on any atom is 0.219 e. The summed E-state index contributed by atoms with van der Waals surface area (Å²) in [6, 6.07) is 8.22. The quantitative estimate of drug-likeness (QED) is 0.876. The van der Waals surface area contributed by atoms with Gasteiger partial charge in [0.1, 0.15) is 0 Å². The van der Waals surface area contributed by atoms with Crippen molar-refractivity contribution in [3.05, 3.63) is 30.3 Å². The zero-order valence-corrected chi connectivity index (χ0v) is 11.4. The van der Waals surface area contributed by atoms with Gasteiger partial charge in [-0.15, -0.1) is 0 Å². The van der Waals surface area contributed by atoms with Gasteiger partial charge in [-0.25, -0.2) is 13.4 Å². The second-order valence-corrected chi connectivity index (χ2v) is 7.37. The third-order valence-electron chi connectivity index (χ3n) is 2.07. The summed E-state index contributed by atoms with van der Waals surface area (Å²) in [5.74, 6) is 0.0724. The highest BCUT2D eigenvalue weighted by molar-refractivity contribution is 8.01. The van der Waals surface area contributed by atoms with E-state index in [1.807, 2.05) is 6.26 Å². The second kappa shape index (κ2) is 4.67. The van der Waals surface area contributed by atoms with Crippen LogP contribution in [0, 0.1) is 0 Å². The lowest BCUT2D eigenvalue weighted by Crippen LogP contribution is -2.02. The summed E-state index contributed by atoms with van der Waals surface area (Å²) in [6.07, 6.45) is 1.83. The Morgan fingerprint density at radius 1 is 1.29 bits per heavy atom. The molecular formula is C10H10N2O2S3. The van der Waals surface area contributed by atoms with Gasteiger partial charge in [0, 0.05) is 0 Å². The molecule has 0 saturated heterocycles. The fraction of sp³-hybridized carbons (Fsp3) is 0.100. The molecule has 0 bridgehead atoms. The van der Waals surface area contributed by atoms with E-state index >= 15 is 0 Å². The van der Waals surface area contributed by atoms with Crippen LogP contribution in [0.4, 0.5) is 5.82 Å². The number of aromatic nitrogens is 1. The van der Waals surface area contributed by atoms with E-state index in [4.69, 9.17) is 5.73 Å². The van der Waals surface area contributed by atoms with Crippen LogP contribution in [0.3, 0.4) is 0 Å². The standard InChI is InChI=1S/C10H10N2O2S3/c1-15-10-12-8(11)9(16-10)17(13,14)7-5-3-2-4-6-7/h2-6H,11H2,1H3. The van der Waals surface area contributed by atoms with Gasteiger partial charge < -0.3 is 5.73 Å². The van der Waals surface area contributed by atoms with E-state index in [1.165, 1.54) is 11.8 Å². The van der Waals surface area contributed by atoms with Gasteiger partial charge in [-0.05, 0) is 18.4 Å². The Bertz CT molecular complexity index is 620. The topological polar surface area (TPSA) is 73.0 Å². The second-order valence-electron chi connectivity index (χ2n) is 3.17. The van der Waals surface area contributed by atoms with Crippen LogP contribution < -0.4 is 5.73 Å². The van der Waals surface area contributed by atoms with Crippen LogP contribution in [0.25, 0.3) is 0 Å². The van der Waals surface area contributed by atoms with Crippen molar-refractivity contribution in [2.45, 2.75) is 13.4 Å². The molecule has 2 aromatic rings. The predicted molar refractivity (Wildman–Crippen MR) is 70.2 cm³/mol. The molecular weight excluding hydrogens is 276 g/mol. The Kier molecular flexibility index (Phi) is 3.41. The van der Waals surface area contributed by atoms with Gasteiger partial charge in [-0.2, -0.15) is 0 Å². The van der Waals surface area contributed by atoms with Gasteiger partial charge in [0.05, 0.1) is 4.90 Å². The Morgan fingerprint density at radius 2 is 1.94 bits per heavy atom. The van der Waals surface area contributed by atoms with E-state index in [2.05, 4.69) is 4.98 Å². The third kappa shape index (κ3) is 2.31. The first kappa shape index (κ1) is 12.4. The highest BCUT2D eigenvalue weighted by atomic mass is 32.2. The Hall–Kier alpha value is -1.05. The number of anilines is 1. The van der Waals surface area contributed by atoms with Crippen LogP contribution in [0.1, 0.15) is 0 Å². The van der Waals surface area contributed by atoms with E-state index in [1.54, 1.807) is 30.3 Å². The molecule has 0 atom stereocenters. The van der Waals surface area contributed by atoms with E-state index in [0.29, 0.717) is 4.34 Å². The van der Waals surface area contributed by atoms with Crippen molar-refractivity contribution in [1.29, 1.82) is 0 Å². The largest absolute Gasteiger partial charge is 0.382 e. The number of thiazole rings is 1. The average molecular weight is 286 g/mol.